The summed E-state index contributed by atoms with van der Waals surface area (Å²) in [5, 5.41) is 0.290. The predicted octanol–water partition coefficient (Wildman–Crippen LogP) is 3.69. The number of ether oxygens (including phenoxy) is 1. The molecule has 0 amide bonds. The number of pyridine rings is 1. The highest BCUT2D eigenvalue weighted by molar-refractivity contribution is 6.44. The lowest BCUT2D eigenvalue weighted by atomic mass is 9.84. The van der Waals surface area contributed by atoms with Gasteiger partial charge in [-0.05, 0) is 30.4 Å². The van der Waals surface area contributed by atoms with Crippen LogP contribution < -0.4 is 4.74 Å². The van der Waals surface area contributed by atoms with Crippen molar-refractivity contribution in [2.24, 2.45) is 4.99 Å². The minimum Gasteiger partial charge on any atom is -0.472 e. The molecular weight excluding hydrogens is 350 g/mol. The molecular formula is C20H24ClN3O2. The lowest BCUT2D eigenvalue weighted by Gasteiger charge is -2.23. The van der Waals surface area contributed by atoms with Crippen LogP contribution in [-0.2, 0) is 4.79 Å². The van der Waals surface area contributed by atoms with Crippen molar-refractivity contribution in [1.82, 2.24) is 9.88 Å². The summed E-state index contributed by atoms with van der Waals surface area (Å²) in [5.74, 6) is 1.23. The molecule has 3 heterocycles. The van der Waals surface area contributed by atoms with Crippen molar-refractivity contribution in [3.05, 3.63) is 34.6 Å². The first-order valence-electron chi connectivity index (χ1n) is 9.51. The number of carbonyl (C=O) groups excluding carboxylic acids is 1. The zero-order chi connectivity index (χ0) is 17.9. The molecule has 0 aromatic carbocycles. The van der Waals surface area contributed by atoms with Crippen LogP contribution in [0.4, 0.5) is 0 Å². The number of likely N-dealkylation sites (tertiary alicyclic amines) is 1. The van der Waals surface area contributed by atoms with E-state index in [1.54, 1.807) is 6.21 Å². The van der Waals surface area contributed by atoms with Gasteiger partial charge in [-0.25, -0.2) is 4.98 Å². The average Bonchev–Trinajstić information content (AvgIpc) is 3.13. The Kier molecular flexibility index (Phi) is 5.25. The van der Waals surface area contributed by atoms with Crippen LogP contribution in [0.15, 0.2) is 34.1 Å². The normalized spacial score (nSPS) is 24.4. The fraction of sp³-hybridized carbons (Fsp3) is 0.550. The van der Waals surface area contributed by atoms with Gasteiger partial charge in [0.2, 0.25) is 5.88 Å². The molecule has 2 fully saturated rings. The highest BCUT2D eigenvalue weighted by Crippen LogP contribution is 2.33. The number of hydrogen-bond donors (Lipinski definition) is 0. The Morgan fingerprint density at radius 3 is 2.88 bits per heavy atom. The van der Waals surface area contributed by atoms with Gasteiger partial charge in [-0.15, -0.1) is 0 Å². The number of dihydropyridines is 1. The Hall–Kier alpha value is -1.88. The zero-order valence-electron chi connectivity index (χ0n) is 14.9. The number of allylic oxidation sites excluding steroid dienone is 1. The van der Waals surface area contributed by atoms with Gasteiger partial charge >= 0.3 is 0 Å². The number of ketones is 1. The number of Topliss-reactive ketones (excluding diaryl/α,β-unsaturated/α-hetero) is 1. The summed E-state index contributed by atoms with van der Waals surface area (Å²) in [6.45, 7) is 1.64. The van der Waals surface area contributed by atoms with Gasteiger partial charge in [0.05, 0.1) is 12.2 Å². The second-order valence-electron chi connectivity index (χ2n) is 7.33. The number of nitrogens with zero attached hydrogens (tertiary/aromatic N) is 3. The maximum atomic E-state index is 11.8. The number of halogens is 1. The summed E-state index contributed by atoms with van der Waals surface area (Å²) >= 11 is 6.17. The van der Waals surface area contributed by atoms with Crippen LogP contribution in [0, 0.1) is 0 Å². The molecule has 2 aliphatic heterocycles. The number of aliphatic imine (C=N–C) groups is 1. The van der Waals surface area contributed by atoms with Crippen molar-refractivity contribution in [3.8, 4) is 5.88 Å². The first-order chi connectivity index (χ1) is 12.7. The molecule has 138 valence electrons. The highest BCUT2D eigenvalue weighted by atomic mass is 35.5. The summed E-state index contributed by atoms with van der Waals surface area (Å²) in [5.41, 5.74) is 2.07. The molecule has 6 heteroatoms. The van der Waals surface area contributed by atoms with Crippen molar-refractivity contribution in [3.63, 3.8) is 0 Å². The van der Waals surface area contributed by atoms with E-state index in [1.807, 2.05) is 6.20 Å². The van der Waals surface area contributed by atoms with E-state index in [1.165, 1.54) is 37.7 Å². The largest absolute Gasteiger partial charge is 0.472 e. The van der Waals surface area contributed by atoms with Gasteiger partial charge in [0.25, 0.3) is 0 Å². The smallest absolute Gasteiger partial charge is 0.213 e. The quantitative estimate of drug-likeness (QED) is 0.807. The van der Waals surface area contributed by atoms with Crippen LogP contribution in [0.5, 0.6) is 5.88 Å². The highest BCUT2D eigenvalue weighted by Gasteiger charge is 2.29. The van der Waals surface area contributed by atoms with Crippen molar-refractivity contribution in [2.75, 3.05) is 19.6 Å². The summed E-state index contributed by atoms with van der Waals surface area (Å²) in [6.07, 6.45) is 11.0. The van der Waals surface area contributed by atoms with E-state index in [4.69, 9.17) is 16.3 Å². The molecule has 5 nitrogen and oxygen atoms in total. The van der Waals surface area contributed by atoms with Crippen molar-refractivity contribution >= 4 is 23.6 Å². The standard InChI is InChI=1S/C20H24ClN3O2/c21-20-17(11-22-12-18(20)25)24-9-7-16(13-24)26-19-10-15(6-8-23-19)14-4-2-1-3-5-14/h6,8,10-11,14,16H,1-5,7,9,12-13H2/t16-/m1/s1. The van der Waals surface area contributed by atoms with E-state index in [-0.39, 0.29) is 23.5 Å². The molecule has 1 aromatic heterocycles. The zero-order valence-corrected chi connectivity index (χ0v) is 15.6. The van der Waals surface area contributed by atoms with Crippen LogP contribution in [0.3, 0.4) is 0 Å². The van der Waals surface area contributed by atoms with Gasteiger partial charge in [-0.3, -0.25) is 9.79 Å². The fourth-order valence-corrected chi connectivity index (χ4v) is 4.33. The van der Waals surface area contributed by atoms with Crippen molar-refractivity contribution in [2.45, 2.75) is 50.5 Å². The molecule has 4 rings (SSSR count). The van der Waals surface area contributed by atoms with Gasteiger partial charge in [-0.2, -0.15) is 0 Å². The minimum atomic E-state index is -0.115. The predicted molar refractivity (Wildman–Crippen MR) is 102 cm³/mol. The Bertz CT molecular complexity index is 740. The Morgan fingerprint density at radius 2 is 2.04 bits per heavy atom. The van der Waals surface area contributed by atoms with Crippen LogP contribution in [0.25, 0.3) is 0 Å². The maximum Gasteiger partial charge on any atom is 0.213 e. The number of aromatic nitrogens is 1. The molecule has 0 bridgehead atoms. The Labute approximate surface area is 159 Å². The summed E-state index contributed by atoms with van der Waals surface area (Å²) in [6, 6.07) is 4.23. The second-order valence-corrected chi connectivity index (χ2v) is 7.71. The van der Waals surface area contributed by atoms with Crippen LogP contribution >= 0.6 is 11.6 Å². The molecule has 1 aliphatic carbocycles. The molecule has 0 radical (unpaired) electrons. The summed E-state index contributed by atoms with van der Waals surface area (Å²) < 4.78 is 6.14. The lowest BCUT2D eigenvalue weighted by molar-refractivity contribution is -0.113. The molecule has 0 unspecified atom stereocenters. The third kappa shape index (κ3) is 3.78. The fourth-order valence-electron chi connectivity index (χ4n) is 4.10. The minimum absolute atomic E-state index is 0.0477. The Morgan fingerprint density at radius 1 is 1.19 bits per heavy atom. The molecule has 1 saturated heterocycles. The van der Waals surface area contributed by atoms with Gasteiger partial charge in [0.15, 0.2) is 5.78 Å². The number of hydrogen-bond acceptors (Lipinski definition) is 5. The van der Waals surface area contributed by atoms with Crippen molar-refractivity contribution in [1.29, 1.82) is 0 Å². The third-order valence-corrected chi connectivity index (χ3v) is 5.93. The molecule has 1 atom stereocenters. The van der Waals surface area contributed by atoms with Gasteiger partial charge < -0.3 is 9.64 Å². The molecule has 1 saturated carbocycles. The van der Waals surface area contributed by atoms with Crippen LogP contribution in [0.1, 0.15) is 50.0 Å². The molecule has 0 spiro atoms. The van der Waals surface area contributed by atoms with E-state index in [2.05, 4.69) is 27.0 Å². The van der Waals surface area contributed by atoms with E-state index in [0.29, 0.717) is 18.3 Å². The monoisotopic (exact) mass is 373 g/mol. The van der Waals surface area contributed by atoms with E-state index >= 15 is 0 Å². The number of carbonyl (C=O) groups is 1. The first kappa shape index (κ1) is 17.5. The number of rotatable bonds is 4. The molecule has 0 N–H and O–H groups in total. The Balaban J connectivity index is 1.40. The lowest BCUT2D eigenvalue weighted by Crippen LogP contribution is -2.28. The average molecular weight is 374 g/mol. The third-order valence-electron chi connectivity index (χ3n) is 5.53. The van der Waals surface area contributed by atoms with Gasteiger partial charge in [0.1, 0.15) is 17.7 Å². The van der Waals surface area contributed by atoms with Gasteiger partial charge in [-0.1, -0.05) is 30.9 Å². The molecule has 26 heavy (non-hydrogen) atoms. The van der Waals surface area contributed by atoms with E-state index in [9.17, 15) is 4.79 Å². The molecule has 3 aliphatic rings. The first-order valence-corrected chi connectivity index (χ1v) is 9.89. The maximum absolute atomic E-state index is 11.8. The second kappa shape index (κ2) is 7.78. The summed E-state index contributed by atoms with van der Waals surface area (Å²) in [7, 11) is 0. The van der Waals surface area contributed by atoms with E-state index in [0.717, 1.165) is 18.7 Å². The van der Waals surface area contributed by atoms with Gasteiger partial charge in [0, 0.05) is 31.4 Å². The SMILES string of the molecule is O=C1CN=CC(N2CC[C@@H](Oc3cc(C4CCCCC4)ccn3)C2)=C1Cl. The topological polar surface area (TPSA) is 54.8 Å². The molecule has 1 aromatic rings. The van der Waals surface area contributed by atoms with E-state index < -0.39 is 0 Å². The van der Waals surface area contributed by atoms with Crippen LogP contribution in [0.2, 0.25) is 0 Å². The summed E-state index contributed by atoms with van der Waals surface area (Å²) in [4.78, 5) is 22.3. The van der Waals surface area contributed by atoms with Crippen LogP contribution in [-0.4, -0.2) is 47.6 Å². The van der Waals surface area contributed by atoms with Crippen molar-refractivity contribution < 1.29 is 9.53 Å².